The van der Waals surface area contributed by atoms with Crippen molar-refractivity contribution in [1.82, 2.24) is 0 Å². The molecule has 1 amide bonds. The first-order valence-corrected chi connectivity index (χ1v) is 6.87. The topological polar surface area (TPSA) is 55.8 Å². The highest BCUT2D eigenvalue weighted by Crippen LogP contribution is 2.17. The van der Waals surface area contributed by atoms with E-state index >= 15 is 0 Å². The van der Waals surface area contributed by atoms with E-state index in [0.29, 0.717) is 11.4 Å². The molecule has 0 fully saturated rings. The van der Waals surface area contributed by atoms with Gasteiger partial charge >= 0.3 is 12.1 Å². The fraction of sp³-hybridized carbons (Fsp3) is 0.176. The Labute approximate surface area is 129 Å². The maximum atomic E-state index is 12.4. The molecule has 2 aromatic rings. The maximum Gasteiger partial charge on any atom is 0.419 e. The van der Waals surface area contributed by atoms with Crippen molar-refractivity contribution in [2.45, 2.75) is 6.42 Å². The SMILES string of the molecule is COC(=O)CCN(C(=O)Oc1ccccc1)c1ccccc1. The Morgan fingerprint density at radius 3 is 2.14 bits per heavy atom. The largest absolute Gasteiger partial charge is 0.469 e. The Hall–Kier alpha value is -2.82. The molecule has 0 N–H and O–H groups in total. The molecule has 0 bridgehead atoms. The number of para-hydroxylation sites is 2. The number of hydrogen-bond acceptors (Lipinski definition) is 4. The van der Waals surface area contributed by atoms with Gasteiger partial charge < -0.3 is 9.47 Å². The number of carbonyl (C=O) groups is 2. The van der Waals surface area contributed by atoms with Crippen molar-refractivity contribution in [3.63, 3.8) is 0 Å². The summed E-state index contributed by atoms with van der Waals surface area (Å²) < 4.78 is 9.95. The van der Waals surface area contributed by atoms with E-state index in [4.69, 9.17) is 4.74 Å². The van der Waals surface area contributed by atoms with Crippen LogP contribution in [-0.4, -0.2) is 25.7 Å². The summed E-state index contributed by atoms with van der Waals surface area (Å²) in [5, 5.41) is 0. The van der Waals surface area contributed by atoms with Gasteiger partial charge in [-0.1, -0.05) is 36.4 Å². The van der Waals surface area contributed by atoms with Crippen molar-refractivity contribution in [3.05, 3.63) is 60.7 Å². The first kappa shape index (κ1) is 15.6. The summed E-state index contributed by atoms with van der Waals surface area (Å²) in [5.41, 5.74) is 0.660. The number of esters is 1. The van der Waals surface area contributed by atoms with Gasteiger partial charge in [-0.15, -0.1) is 0 Å². The summed E-state index contributed by atoms with van der Waals surface area (Å²) in [5.74, 6) is 0.0694. The third kappa shape index (κ3) is 4.34. The molecule has 0 radical (unpaired) electrons. The molecule has 2 aromatic carbocycles. The zero-order chi connectivity index (χ0) is 15.8. The number of anilines is 1. The lowest BCUT2D eigenvalue weighted by atomic mass is 10.3. The molecule has 5 heteroatoms. The molecule has 2 rings (SSSR count). The second-order valence-corrected chi connectivity index (χ2v) is 4.49. The van der Waals surface area contributed by atoms with E-state index in [1.807, 2.05) is 24.3 Å². The van der Waals surface area contributed by atoms with Crippen LogP contribution in [0.25, 0.3) is 0 Å². The number of rotatable bonds is 5. The van der Waals surface area contributed by atoms with E-state index in [2.05, 4.69) is 4.74 Å². The Morgan fingerprint density at radius 1 is 0.955 bits per heavy atom. The van der Waals surface area contributed by atoms with Crippen molar-refractivity contribution in [3.8, 4) is 5.75 Å². The highest BCUT2D eigenvalue weighted by atomic mass is 16.6. The maximum absolute atomic E-state index is 12.4. The fourth-order valence-electron chi connectivity index (χ4n) is 1.88. The van der Waals surface area contributed by atoms with Crippen molar-refractivity contribution in [2.75, 3.05) is 18.6 Å². The molecule has 0 aliphatic carbocycles. The van der Waals surface area contributed by atoms with Gasteiger partial charge in [0.15, 0.2) is 0 Å². The molecular formula is C17H17NO4. The molecule has 0 heterocycles. The predicted octanol–water partition coefficient (Wildman–Crippen LogP) is 3.26. The Kier molecular flexibility index (Phi) is 5.54. The van der Waals surface area contributed by atoms with Gasteiger partial charge in [-0.05, 0) is 24.3 Å². The number of amides is 1. The van der Waals surface area contributed by atoms with Crippen molar-refractivity contribution in [1.29, 1.82) is 0 Å². The van der Waals surface area contributed by atoms with Gasteiger partial charge in [0.2, 0.25) is 0 Å². The summed E-state index contributed by atoms with van der Waals surface area (Å²) in [6.07, 6.45) is -0.448. The van der Waals surface area contributed by atoms with Crippen LogP contribution < -0.4 is 9.64 Å². The molecule has 0 aliphatic rings. The number of benzene rings is 2. The van der Waals surface area contributed by atoms with E-state index in [-0.39, 0.29) is 18.9 Å². The molecular weight excluding hydrogens is 282 g/mol. The van der Waals surface area contributed by atoms with E-state index in [0.717, 1.165) is 0 Å². The van der Waals surface area contributed by atoms with Crippen LogP contribution in [0.4, 0.5) is 10.5 Å². The fourth-order valence-corrected chi connectivity index (χ4v) is 1.88. The zero-order valence-electron chi connectivity index (χ0n) is 12.3. The van der Waals surface area contributed by atoms with Crippen LogP contribution in [0.3, 0.4) is 0 Å². The number of ether oxygens (including phenoxy) is 2. The molecule has 5 nitrogen and oxygen atoms in total. The van der Waals surface area contributed by atoms with Gasteiger partial charge in [-0.2, -0.15) is 0 Å². The summed E-state index contributed by atoms with van der Waals surface area (Å²) in [4.78, 5) is 25.1. The average molecular weight is 299 g/mol. The summed E-state index contributed by atoms with van der Waals surface area (Å²) in [6.45, 7) is 0.183. The van der Waals surface area contributed by atoms with E-state index < -0.39 is 6.09 Å². The Morgan fingerprint density at radius 2 is 1.55 bits per heavy atom. The van der Waals surface area contributed by atoms with Gasteiger partial charge in [0.25, 0.3) is 0 Å². The predicted molar refractivity (Wildman–Crippen MR) is 82.9 cm³/mol. The van der Waals surface area contributed by atoms with Crippen LogP contribution in [0.2, 0.25) is 0 Å². The van der Waals surface area contributed by atoms with Gasteiger partial charge in [0, 0.05) is 12.2 Å². The quantitative estimate of drug-likeness (QED) is 0.795. The number of carbonyl (C=O) groups excluding carboxylic acids is 2. The molecule has 0 saturated carbocycles. The highest BCUT2D eigenvalue weighted by Gasteiger charge is 2.19. The first-order valence-electron chi connectivity index (χ1n) is 6.87. The van der Waals surface area contributed by atoms with Crippen molar-refractivity contribution in [2.24, 2.45) is 0 Å². The highest BCUT2D eigenvalue weighted by molar-refractivity contribution is 5.89. The summed E-state index contributed by atoms with van der Waals surface area (Å²) in [6, 6.07) is 17.8. The minimum absolute atomic E-state index is 0.0925. The summed E-state index contributed by atoms with van der Waals surface area (Å²) >= 11 is 0. The van der Waals surface area contributed by atoms with Crippen LogP contribution in [0.1, 0.15) is 6.42 Å². The lowest BCUT2D eigenvalue weighted by Crippen LogP contribution is -2.35. The molecule has 114 valence electrons. The van der Waals surface area contributed by atoms with Crippen molar-refractivity contribution < 1.29 is 19.1 Å². The first-order chi connectivity index (χ1) is 10.7. The van der Waals surface area contributed by atoms with Gasteiger partial charge in [0.1, 0.15) is 5.75 Å². The van der Waals surface area contributed by atoms with Gasteiger partial charge in [-0.3, -0.25) is 9.69 Å². The van der Waals surface area contributed by atoms with Crippen LogP contribution in [0.15, 0.2) is 60.7 Å². The summed E-state index contributed by atoms with van der Waals surface area (Å²) in [7, 11) is 1.32. The molecule has 0 unspecified atom stereocenters. The standard InChI is InChI=1S/C17H17NO4/c1-21-16(19)12-13-18(14-8-4-2-5-9-14)17(20)22-15-10-6-3-7-11-15/h2-11H,12-13H2,1H3. The Balaban J connectivity index is 2.13. The minimum Gasteiger partial charge on any atom is -0.469 e. The monoisotopic (exact) mass is 299 g/mol. The van der Waals surface area contributed by atoms with Gasteiger partial charge in [-0.25, -0.2) is 4.79 Å². The number of methoxy groups -OCH3 is 1. The lowest BCUT2D eigenvalue weighted by molar-refractivity contribution is -0.140. The molecule has 0 spiro atoms. The zero-order valence-corrected chi connectivity index (χ0v) is 12.3. The molecule has 0 atom stereocenters. The van der Waals surface area contributed by atoms with E-state index in [9.17, 15) is 9.59 Å². The smallest absolute Gasteiger partial charge is 0.419 e. The number of hydrogen-bond donors (Lipinski definition) is 0. The minimum atomic E-state index is -0.540. The Bertz CT molecular complexity index is 613. The molecule has 0 saturated heterocycles. The van der Waals surface area contributed by atoms with E-state index in [1.165, 1.54) is 12.0 Å². The van der Waals surface area contributed by atoms with E-state index in [1.54, 1.807) is 36.4 Å². The van der Waals surface area contributed by atoms with Crippen LogP contribution in [-0.2, 0) is 9.53 Å². The van der Waals surface area contributed by atoms with Crippen molar-refractivity contribution >= 4 is 17.7 Å². The van der Waals surface area contributed by atoms with Crippen LogP contribution >= 0.6 is 0 Å². The van der Waals surface area contributed by atoms with Crippen LogP contribution in [0, 0.1) is 0 Å². The normalized spacial score (nSPS) is 9.86. The number of nitrogens with zero attached hydrogens (tertiary/aromatic N) is 1. The molecule has 22 heavy (non-hydrogen) atoms. The third-order valence-corrected chi connectivity index (χ3v) is 3.00. The lowest BCUT2D eigenvalue weighted by Gasteiger charge is -2.21. The molecule has 0 aromatic heterocycles. The average Bonchev–Trinajstić information content (AvgIpc) is 2.56. The van der Waals surface area contributed by atoms with Gasteiger partial charge in [0.05, 0.1) is 13.5 Å². The second-order valence-electron chi connectivity index (χ2n) is 4.49. The molecule has 0 aliphatic heterocycles. The second kappa shape index (κ2) is 7.83. The van der Waals surface area contributed by atoms with Crippen LogP contribution in [0.5, 0.6) is 5.75 Å². The third-order valence-electron chi connectivity index (χ3n) is 3.00.